The molecule has 0 saturated heterocycles. The maximum absolute atomic E-state index is 5.82. The van der Waals surface area contributed by atoms with Gasteiger partial charge in [0.2, 0.25) is 0 Å². The highest BCUT2D eigenvalue weighted by atomic mass is 16.5. The molecule has 0 fully saturated rings. The van der Waals surface area contributed by atoms with Crippen LogP contribution in [0.1, 0.15) is 64.5 Å². The van der Waals surface area contributed by atoms with Crippen LogP contribution in [0.25, 0.3) is 0 Å². The molecule has 3 unspecified atom stereocenters. The Bertz CT molecular complexity index is 404. The Hall–Kier alpha value is -1.02. The first kappa shape index (κ1) is 15.4. The van der Waals surface area contributed by atoms with Gasteiger partial charge in [-0.2, -0.15) is 0 Å². The smallest absolute Gasteiger partial charge is 0.124 e. The van der Waals surface area contributed by atoms with Crippen LogP contribution in [-0.2, 0) is 0 Å². The second kappa shape index (κ2) is 7.68. The zero-order chi connectivity index (χ0) is 14.4. The molecular formula is C18H29NO. The second-order valence-electron chi connectivity index (χ2n) is 6.22. The Labute approximate surface area is 123 Å². The van der Waals surface area contributed by atoms with Crippen molar-refractivity contribution in [2.24, 2.45) is 5.92 Å². The molecular weight excluding hydrogens is 246 g/mol. The van der Waals surface area contributed by atoms with Gasteiger partial charge in [-0.15, -0.1) is 0 Å². The summed E-state index contributed by atoms with van der Waals surface area (Å²) in [6, 6.07) is 9.46. The van der Waals surface area contributed by atoms with Crippen molar-refractivity contribution in [3.8, 4) is 5.75 Å². The van der Waals surface area contributed by atoms with Gasteiger partial charge in [0.05, 0.1) is 6.61 Å². The van der Waals surface area contributed by atoms with Gasteiger partial charge in [-0.1, -0.05) is 57.7 Å². The van der Waals surface area contributed by atoms with Crippen molar-refractivity contribution in [3.05, 3.63) is 29.8 Å². The lowest BCUT2D eigenvalue weighted by atomic mass is 9.91. The Morgan fingerprint density at radius 2 is 2.05 bits per heavy atom. The number of hydrogen-bond donors (Lipinski definition) is 1. The summed E-state index contributed by atoms with van der Waals surface area (Å²) in [5.74, 6) is 1.59. The molecule has 0 saturated carbocycles. The third-order valence-electron chi connectivity index (χ3n) is 4.28. The molecule has 20 heavy (non-hydrogen) atoms. The Morgan fingerprint density at radius 1 is 1.25 bits per heavy atom. The second-order valence-corrected chi connectivity index (χ2v) is 6.22. The molecule has 112 valence electrons. The molecule has 0 bridgehead atoms. The minimum Gasteiger partial charge on any atom is -0.493 e. The minimum absolute atomic E-state index is 0.432. The van der Waals surface area contributed by atoms with Crippen molar-refractivity contribution < 1.29 is 4.74 Å². The van der Waals surface area contributed by atoms with E-state index in [2.05, 4.69) is 50.4 Å². The maximum atomic E-state index is 5.82. The molecule has 2 heteroatoms. The first-order chi connectivity index (χ1) is 9.72. The number of benzene rings is 1. The number of ether oxygens (including phenoxy) is 1. The number of unbranched alkanes of at least 4 members (excludes halogenated alkanes) is 3. The van der Waals surface area contributed by atoms with E-state index in [9.17, 15) is 0 Å². The average molecular weight is 275 g/mol. The van der Waals surface area contributed by atoms with E-state index in [4.69, 9.17) is 4.74 Å². The molecule has 1 heterocycles. The first-order valence-electron chi connectivity index (χ1n) is 8.20. The van der Waals surface area contributed by atoms with E-state index in [1.165, 1.54) is 37.7 Å². The summed E-state index contributed by atoms with van der Waals surface area (Å²) in [6.45, 7) is 7.67. The molecule has 1 aromatic rings. The number of para-hydroxylation sites is 1. The van der Waals surface area contributed by atoms with Gasteiger partial charge in [-0.25, -0.2) is 0 Å². The van der Waals surface area contributed by atoms with Crippen molar-refractivity contribution in [3.63, 3.8) is 0 Å². The molecule has 2 nitrogen and oxygen atoms in total. The number of rotatable bonds is 7. The fourth-order valence-corrected chi connectivity index (χ4v) is 3.01. The van der Waals surface area contributed by atoms with Crippen LogP contribution in [0.2, 0.25) is 0 Å². The molecule has 0 amide bonds. The predicted molar refractivity (Wildman–Crippen MR) is 85.2 cm³/mol. The molecule has 0 radical (unpaired) electrons. The highest BCUT2D eigenvalue weighted by Gasteiger charge is 2.28. The molecule has 0 aliphatic carbocycles. The zero-order valence-corrected chi connectivity index (χ0v) is 13.2. The van der Waals surface area contributed by atoms with Gasteiger partial charge < -0.3 is 10.1 Å². The third-order valence-corrected chi connectivity index (χ3v) is 4.28. The van der Waals surface area contributed by atoms with Gasteiger partial charge in [-0.05, 0) is 19.4 Å². The summed E-state index contributed by atoms with van der Waals surface area (Å²) in [5.41, 5.74) is 1.33. The Kier molecular flexibility index (Phi) is 5.90. The zero-order valence-electron chi connectivity index (χ0n) is 13.2. The lowest BCUT2D eigenvalue weighted by molar-refractivity contribution is 0.180. The molecule has 0 spiro atoms. The fourth-order valence-electron chi connectivity index (χ4n) is 3.01. The first-order valence-corrected chi connectivity index (χ1v) is 8.20. The monoisotopic (exact) mass is 275 g/mol. The van der Waals surface area contributed by atoms with E-state index < -0.39 is 0 Å². The molecule has 1 aliphatic rings. The molecule has 0 aromatic heterocycles. The third kappa shape index (κ3) is 3.99. The van der Waals surface area contributed by atoms with E-state index in [1.807, 2.05) is 0 Å². The Balaban J connectivity index is 1.91. The number of fused-ring (bicyclic) bond motifs is 1. The quantitative estimate of drug-likeness (QED) is 0.728. The van der Waals surface area contributed by atoms with Crippen molar-refractivity contribution in [2.75, 3.05) is 6.61 Å². The van der Waals surface area contributed by atoms with Crippen LogP contribution in [0.5, 0.6) is 5.75 Å². The number of hydrogen-bond acceptors (Lipinski definition) is 2. The predicted octanol–water partition coefficient (Wildman–Crippen LogP) is 4.70. The van der Waals surface area contributed by atoms with Crippen LogP contribution in [0.15, 0.2) is 24.3 Å². The van der Waals surface area contributed by atoms with Gasteiger partial charge >= 0.3 is 0 Å². The summed E-state index contributed by atoms with van der Waals surface area (Å²) >= 11 is 0. The van der Waals surface area contributed by atoms with Gasteiger partial charge in [0.1, 0.15) is 5.75 Å². The highest BCUT2D eigenvalue weighted by Crippen LogP contribution is 2.35. The normalized spacial score (nSPS) is 22.9. The van der Waals surface area contributed by atoms with Crippen LogP contribution in [0.4, 0.5) is 0 Å². The molecule has 1 aromatic carbocycles. The van der Waals surface area contributed by atoms with Crippen LogP contribution in [0, 0.1) is 5.92 Å². The van der Waals surface area contributed by atoms with E-state index in [0.29, 0.717) is 18.0 Å². The van der Waals surface area contributed by atoms with Crippen LogP contribution in [0.3, 0.4) is 0 Å². The SMILES string of the molecule is CCCCCCC(C)NC1c2ccccc2OCC1C. The van der Waals surface area contributed by atoms with Gasteiger partial charge in [0.15, 0.2) is 0 Å². The average Bonchev–Trinajstić information content (AvgIpc) is 2.47. The molecule has 1 N–H and O–H groups in total. The highest BCUT2D eigenvalue weighted by molar-refractivity contribution is 5.37. The van der Waals surface area contributed by atoms with E-state index in [0.717, 1.165) is 12.4 Å². The van der Waals surface area contributed by atoms with Crippen molar-refractivity contribution >= 4 is 0 Å². The maximum Gasteiger partial charge on any atom is 0.124 e. The van der Waals surface area contributed by atoms with Gasteiger partial charge in [0, 0.05) is 23.6 Å². The standard InChI is InChI=1S/C18H29NO/c1-4-5-6-7-10-15(3)19-18-14(2)13-20-17-12-9-8-11-16(17)18/h8-9,11-12,14-15,18-19H,4-7,10,13H2,1-3H3. The molecule has 3 atom stereocenters. The summed E-state index contributed by atoms with van der Waals surface area (Å²) in [5, 5.41) is 3.82. The molecule has 1 aliphatic heterocycles. The van der Waals surface area contributed by atoms with E-state index in [1.54, 1.807) is 0 Å². The van der Waals surface area contributed by atoms with Crippen molar-refractivity contribution in [2.45, 2.75) is 65.0 Å². The lowest BCUT2D eigenvalue weighted by Crippen LogP contribution is -2.38. The van der Waals surface area contributed by atoms with Gasteiger partial charge in [-0.3, -0.25) is 0 Å². The van der Waals surface area contributed by atoms with Crippen LogP contribution >= 0.6 is 0 Å². The summed E-state index contributed by atoms with van der Waals surface area (Å²) in [7, 11) is 0. The topological polar surface area (TPSA) is 21.3 Å². The minimum atomic E-state index is 0.432. The van der Waals surface area contributed by atoms with E-state index in [-0.39, 0.29) is 0 Å². The van der Waals surface area contributed by atoms with Crippen LogP contribution in [-0.4, -0.2) is 12.6 Å². The van der Waals surface area contributed by atoms with Crippen LogP contribution < -0.4 is 10.1 Å². The van der Waals surface area contributed by atoms with Gasteiger partial charge in [0.25, 0.3) is 0 Å². The summed E-state index contributed by atoms with van der Waals surface area (Å²) in [4.78, 5) is 0. The summed E-state index contributed by atoms with van der Waals surface area (Å²) < 4.78 is 5.82. The molecule has 2 rings (SSSR count). The summed E-state index contributed by atoms with van der Waals surface area (Å²) in [6.07, 6.45) is 6.64. The van der Waals surface area contributed by atoms with Crippen molar-refractivity contribution in [1.82, 2.24) is 5.32 Å². The largest absolute Gasteiger partial charge is 0.493 e. The number of nitrogens with one attached hydrogen (secondary N) is 1. The van der Waals surface area contributed by atoms with Crippen molar-refractivity contribution in [1.29, 1.82) is 0 Å². The Morgan fingerprint density at radius 3 is 2.85 bits per heavy atom. The lowest BCUT2D eigenvalue weighted by Gasteiger charge is -2.34. The fraction of sp³-hybridized carbons (Fsp3) is 0.667. The van der Waals surface area contributed by atoms with E-state index >= 15 is 0 Å².